The number of benzene rings is 3. The summed E-state index contributed by atoms with van der Waals surface area (Å²) in [5.41, 5.74) is 3.26. The number of morpholine rings is 1. The van der Waals surface area contributed by atoms with E-state index in [0.717, 1.165) is 53.4 Å². The smallest absolute Gasteiger partial charge is 0.262 e. The van der Waals surface area contributed by atoms with Crippen LogP contribution < -0.4 is 25.0 Å². The average Bonchev–Trinajstić information content (AvgIpc) is 3.39. The maximum Gasteiger partial charge on any atom is 0.262 e. The first kappa shape index (κ1) is 34.3. The minimum atomic E-state index is -0.986. The van der Waals surface area contributed by atoms with E-state index in [0.29, 0.717) is 30.8 Å². The average molecular weight is 717 g/mol. The molecule has 1 saturated carbocycles. The molecule has 53 heavy (non-hydrogen) atoms. The number of piperidine rings is 1. The van der Waals surface area contributed by atoms with Crippen molar-refractivity contribution in [1.29, 1.82) is 0 Å². The Morgan fingerprint density at radius 2 is 1.53 bits per heavy atom. The molecule has 0 bridgehead atoms. The summed E-state index contributed by atoms with van der Waals surface area (Å²) in [6.45, 7) is 7.21. The summed E-state index contributed by atoms with van der Waals surface area (Å²) in [7, 11) is 0. The highest BCUT2D eigenvalue weighted by atomic mass is 16.5. The molecule has 13 heteroatoms. The topological polar surface area (TPSA) is 152 Å². The highest BCUT2D eigenvalue weighted by molar-refractivity contribution is 6.23. The Morgan fingerprint density at radius 3 is 2.23 bits per heavy atom. The Kier molecular flexibility index (Phi) is 9.03. The number of fused-ring (bicyclic) bond motifs is 1. The first-order valence-corrected chi connectivity index (χ1v) is 18.0. The number of anilines is 2. The quantitative estimate of drug-likeness (QED) is 0.217. The molecule has 1 aliphatic carbocycles. The molecule has 4 aliphatic rings. The van der Waals surface area contributed by atoms with Crippen LogP contribution in [0.3, 0.4) is 0 Å². The largest absolute Gasteiger partial charge is 0.490 e. The summed E-state index contributed by atoms with van der Waals surface area (Å²) in [5, 5.41) is 5.66. The molecule has 4 heterocycles. The van der Waals surface area contributed by atoms with Crippen LogP contribution in [0, 0.1) is 0 Å². The number of carbonyl (C=O) groups is 4. The van der Waals surface area contributed by atoms with Crippen molar-refractivity contribution in [3.05, 3.63) is 101 Å². The maximum atomic E-state index is 13.2. The number of hydrogen-bond donors (Lipinski definition) is 2. The first-order chi connectivity index (χ1) is 25.6. The Hall–Kier alpha value is -5.82. The fourth-order valence-corrected chi connectivity index (χ4v) is 7.25. The van der Waals surface area contributed by atoms with Gasteiger partial charge in [0.15, 0.2) is 0 Å². The van der Waals surface area contributed by atoms with Gasteiger partial charge in [-0.3, -0.25) is 29.4 Å². The van der Waals surface area contributed by atoms with Crippen LogP contribution in [0.1, 0.15) is 71.4 Å². The van der Waals surface area contributed by atoms with E-state index in [4.69, 9.17) is 14.2 Å². The van der Waals surface area contributed by atoms with Crippen molar-refractivity contribution in [2.24, 2.45) is 0 Å². The van der Waals surface area contributed by atoms with Gasteiger partial charge in [0.2, 0.25) is 23.6 Å². The molecule has 0 radical (unpaired) electrons. The lowest BCUT2D eigenvalue weighted by Gasteiger charge is -2.36. The lowest BCUT2D eigenvalue weighted by molar-refractivity contribution is -0.136. The zero-order valence-corrected chi connectivity index (χ0v) is 29.5. The third-order valence-electron chi connectivity index (χ3n) is 10.5. The van der Waals surface area contributed by atoms with E-state index < -0.39 is 29.7 Å². The summed E-state index contributed by atoms with van der Waals surface area (Å²) in [6.07, 6.45) is 3.51. The zero-order valence-electron chi connectivity index (χ0n) is 29.5. The molecule has 2 saturated heterocycles. The molecule has 1 atom stereocenters. The van der Waals surface area contributed by atoms with E-state index in [1.165, 1.54) is 0 Å². The van der Waals surface area contributed by atoms with Crippen LogP contribution in [-0.4, -0.2) is 83.0 Å². The normalized spacial score (nSPS) is 21.5. The maximum absolute atomic E-state index is 13.2. The van der Waals surface area contributed by atoms with E-state index in [9.17, 15) is 19.2 Å². The van der Waals surface area contributed by atoms with Crippen molar-refractivity contribution in [1.82, 2.24) is 20.2 Å². The predicted molar refractivity (Wildman–Crippen MR) is 194 cm³/mol. The van der Waals surface area contributed by atoms with Gasteiger partial charge in [0.1, 0.15) is 23.6 Å². The van der Waals surface area contributed by atoms with Crippen LogP contribution in [0.2, 0.25) is 0 Å². The van der Waals surface area contributed by atoms with E-state index in [2.05, 4.69) is 63.6 Å². The number of amides is 4. The van der Waals surface area contributed by atoms with E-state index in [1.807, 2.05) is 24.3 Å². The Labute approximate surface area is 306 Å². The molecule has 4 aromatic rings. The predicted octanol–water partition coefficient (Wildman–Crippen LogP) is 4.85. The molecule has 0 spiro atoms. The monoisotopic (exact) mass is 716 g/mol. The Morgan fingerprint density at radius 1 is 0.849 bits per heavy atom. The highest BCUT2D eigenvalue weighted by Crippen LogP contribution is 2.36. The first-order valence-electron chi connectivity index (χ1n) is 18.0. The number of nitrogens with zero attached hydrogens (tertiary/aromatic N) is 4. The summed E-state index contributed by atoms with van der Waals surface area (Å²) >= 11 is 0. The molecular weight excluding hydrogens is 676 g/mol. The third-order valence-corrected chi connectivity index (χ3v) is 10.5. The molecule has 8 rings (SSSR count). The number of imide groups is 2. The van der Waals surface area contributed by atoms with Crippen LogP contribution in [0.5, 0.6) is 17.4 Å². The number of carbonyl (C=O) groups excluding carboxylic acids is 4. The van der Waals surface area contributed by atoms with Crippen molar-refractivity contribution >= 4 is 35.3 Å². The minimum absolute atomic E-state index is 0.0411. The van der Waals surface area contributed by atoms with Crippen LogP contribution in [0.4, 0.5) is 11.6 Å². The van der Waals surface area contributed by atoms with E-state index in [1.54, 1.807) is 30.5 Å². The molecule has 4 amide bonds. The standard InChI is InChI=1S/C40H40N6O7/c1-40(2,25-5-10-29(11-6-25)53-35-15-16-41-39(44-35)45-17-19-51-20-18-45)24-3-8-28(9-4-24)52-30-21-27(22-30)42-26-7-12-31-32(23-26)38(50)46(37(31)49)33-13-14-34(47)43-36(33)48/h3-12,15-16,23,27,30,33,42H,13-14,17-22H2,1-2H3,(H,43,47,48)/t27-,30-,33?. The Bertz CT molecular complexity index is 2060. The van der Waals surface area contributed by atoms with Crippen molar-refractivity contribution in [2.75, 3.05) is 36.5 Å². The lowest BCUT2D eigenvalue weighted by atomic mass is 9.78. The van der Waals surface area contributed by atoms with E-state index in [-0.39, 0.29) is 41.5 Å². The molecule has 13 nitrogen and oxygen atoms in total. The lowest BCUT2D eigenvalue weighted by Crippen LogP contribution is -2.54. The van der Waals surface area contributed by atoms with Crippen molar-refractivity contribution in [2.45, 2.75) is 63.1 Å². The van der Waals surface area contributed by atoms with Gasteiger partial charge in [-0.2, -0.15) is 4.98 Å². The molecular formula is C40H40N6O7. The highest BCUT2D eigenvalue weighted by Gasteiger charge is 2.45. The number of hydrogen-bond acceptors (Lipinski definition) is 11. The van der Waals surface area contributed by atoms with E-state index >= 15 is 0 Å². The van der Waals surface area contributed by atoms with Gasteiger partial charge in [-0.05, 0) is 60.0 Å². The number of nitrogens with one attached hydrogen (secondary N) is 2. The number of ether oxygens (including phenoxy) is 3. The fraction of sp³-hybridized carbons (Fsp3) is 0.350. The second-order valence-corrected chi connectivity index (χ2v) is 14.3. The van der Waals surface area contributed by atoms with Crippen molar-refractivity contribution in [3.63, 3.8) is 0 Å². The van der Waals surface area contributed by atoms with Gasteiger partial charge in [0, 0.05) is 61.8 Å². The van der Waals surface area contributed by atoms with Gasteiger partial charge in [0.05, 0.1) is 24.3 Å². The van der Waals surface area contributed by atoms with Gasteiger partial charge >= 0.3 is 0 Å². The molecule has 2 N–H and O–H groups in total. The van der Waals surface area contributed by atoms with Crippen LogP contribution in [-0.2, 0) is 19.7 Å². The van der Waals surface area contributed by atoms with Crippen LogP contribution in [0.25, 0.3) is 0 Å². The fourth-order valence-electron chi connectivity index (χ4n) is 7.25. The Balaban J connectivity index is 0.832. The second-order valence-electron chi connectivity index (χ2n) is 14.3. The number of rotatable bonds is 10. The van der Waals surface area contributed by atoms with Crippen LogP contribution in [0.15, 0.2) is 79.0 Å². The molecule has 272 valence electrons. The molecule has 3 aromatic carbocycles. The van der Waals surface area contributed by atoms with Gasteiger partial charge in [-0.25, -0.2) is 4.98 Å². The minimum Gasteiger partial charge on any atom is -0.490 e. The third kappa shape index (κ3) is 6.91. The number of aromatic nitrogens is 2. The van der Waals surface area contributed by atoms with Gasteiger partial charge in [-0.1, -0.05) is 38.1 Å². The summed E-state index contributed by atoms with van der Waals surface area (Å²) in [6, 6.07) is 22.3. The van der Waals surface area contributed by atoms with Crippen LogP contribution >= 0.6 is 0 Å². The zero-order chi connectivity index (χ0) is 36.7. The molecule has 3 fully saturated rings. The molecule has 1 unspecified atom stereocenters. The van der Waals surface area contributed by atoms with Crippen molar-refractivity contribution in [3.8, 4) is 17.4 Å². The molecule has 1 aromatic heterocycles. The van der Waals surface area contributed by atoms with Gasteiger partial charge < -0.3 is 24.4 Å². The summed E-state index contributed by atoms with van der Waals surface area (Å²) in [4.78, 5) is 62.2. The SMILES string of the molecule is CC(C)(c1ccc(Oc2ccnc(N3CCOCC3)n2)cc1)c1ccc(O[C@H]2C[C@H](Nc3ccc4c(c3)C(=O)N(C3CCC(=O)NC3=O)C4=O)C2)cc1. The molecule has 3 aliphatic heterocycles. The second kappa shape index (κ2) is 14.0. The van der Waals surface area contributed by atoms with Gasteiger partial charge in [0.25, 0.3) is 11.8 Å². The summed E-state index contributed by atoms with van der Waals surface area (Å²) < 4.78 is 17.8. The van der Waals surface area contributed by atoms with Gasteiger partial charge in [-0.15, -0.1) is 0 Å². The summed E-state index contributed by atoms with van der Waals surface area (Å²) in [5.74, 6) is 0.573. The van der Waals surface area contributed by atoms with Crippen molar-refractivity contribution < 1.29 is 33.4 Å².